The van der Waals surface area contributed by atoms with Gasteiger partial charge in [-0.1, -0.05) is 18.6 Å². The smallest absolute Gasteiger partial charge is 0.249 e. The highest BCUT2D eigenvalue weighted by Crippen LogP contribution is 2.42. The van der Waals surface area contributed by atoms with Crippen LogP contribution in [0.3, 0.4) is 0 Å². The molecule has 1 saturated heterocycles. The SMILES string of the molecule is CCC1C(=O)NC(C)(C2CC2)C(=O)N1CC=C(C)C. The average molecular weight is 264 g/mol. The fraction of sp³-hybridized carbons (Fsp3) is 0.733. The summed E-state index contributed by atoms with van der Waals surface area (Å²) in [6.45, 7) is 8.39. The average Bonchev–Trinajstić information content (AvgIpc) is 3.15. The maximum atomic E-state index is 12.7. The van der Waals surface area contributed by atoms with Crippen molar-refractivity contribution in [3.05, 3.63) is 11.6 Å². The Kier molecular flexibility index (Phi) is 3.70. The number of hydrogen-bond acceptors (Lipinski definition) is 2. The molecule has 2 fully saturated rings. The van der Waals surface area contributed by atoms with Crippen LogP contribution in [0.4, 0.5) is 0 Å². The van der Waals surface area contributed by atoms with Gasteiger partial charge < -0.3 is 10.2 Å². The molecule has 1 N–H and O–H groups in total. The zero-order valence-electron chi connectivity index (χ0n) is 12.3. The van der Waals surface area contributed by atoms with Gasteiger partial charge in [0.15, 0.2) is 0 Å². The van der Waals surface area contributed by atoms with Gasteiger partial charge in [-0.2, -0.15) is 0 Å². The van der Waals surface area contributed by atoms with E-state index in [0.717, 1.165) is 12.8 Å². The third-order valence-corrected chi connectivity index (χ3v) is 4.24. The standard InChI is InChI=1S/C15H24N2O2/c1-5-12-13(18)16-15(4,11-6-7-11)14(19)17(12)9-8-10(2)3/h8,11-12H,5-7,9H2,1-4H3,(H,16,18). The first-order chi connectivity index (χ1) is 8.90. The summed E-state index contributed by atoms with van der Waals surface area (Å²) in [7, 11) is 0. The van der Waals surface area contributed by atoms with E-state index >= 15 is 0 Å². The van der Waals surface area contributed by atoms with Gasteiger partial charge in [-0.05, 0) is 46.0 Å². The highest BCUT2D eigenvalue weighted by Gasteiger charge is 2.54. The molecule has 0 aromatic rings. The Labute approximate surface area is 115 Å². The molecule has 0 aromatic carbocycles. The Morgan fingerprint density at radius 1 is 1.42 bits per heavy atom. The van der Waals surface area contributed by atoms with Gasteiger partial charge in [-0.3, -0.25) is 9.59 Å². The molecule has 1 aliphatic carbocycles. The summed E-state index contributed by atoms with van der Waals surface area (Å²) < 4.78 is 0. The van der Waals surface area contributed by atoms with E-state index in [1.165, 1.54) is 5.57 Å². The van der Waals surface area contributed by atoms with Gasteiger partial charge in [0.05, 0.1) is 0 Å². The number of nitrogens with zero attached hydrogens (tertiary/aromatic N) is 1. The normalized spacial score (nSPS) is 31.2. The minimum Gasteiger partial charge on any atom is -0.340 e. The van der Waals surface area contributed by atoms with Gasteiger partial charge in [-0.15, -0.1) is 0 Å². The van der Waals surface area contributed by atoms with Crippen LogP contribution in [-0.2, 0) is 9.59 Å². The number of carbonyl (C=O) groups is 2. The first kappa shape index (κ1) is 14.1. The van der Waals surface area contributed by atoms with Crippen molar-refractivity contribution in [2.75, 3.05) is 6.54 Å². The number of allylic oxidation sites excluding steroid dienone is 1. The molecule has 0 aromatic heterocycles. The zero-order chi connectivity index (χ0) is 14.2. The van der Waals surface area contributed by atoms with Gasteiger partial charge in [0.2, 0.25) is 11.8 Å². The van der Waals surface area contributed by atoms with Crippen LogP contribution in [0.1, 0.15) is 47.0 Å². The first-order valence-corrected chi connectivity index (χ1v) is 7.16. The van der Waals surface area contributed by atoms with Crippen LogP contribution >= 0.6 is 0 Å². The quantitative estimate of drug-likeness (QED) is 0.788. The number of carbonyl (C=O) groups excluding carboxylic acids is 2. The Morgan fingerprint density at radius 3 is 2.53 bits per heavy atom. The maximum Gasteiger partial charge on any atom is 0.249 e. The molecule has 19 heavy (non-hydrogen) atoms. The van der Waals surface area contributed by atoms with E-state index in [4.69, 9.17) is 0 Å². The second kappa shape index (κ2) is 4.99. The Bertz CT molecular complexity index is 422. The molecule has 1 heterocycles. The molecule has 2 atom stereocenters. The minimum absolute atomic E-state index is 0.00124. The molecule has 0 bridgehead atoms. The van der Waals surface area contributed by atoms with Crippen molar-refractivity contribution in [1.29, 1.82) is 0 Å². The number of rotatable bonds is 4. The molecule has 2 aliphatic rings. The number of piperazine rings is 1. The number of hydrogen-bond donors (Lipinski definition) is 1. The molecule has 2 amide bonds. The zero-order valence-corrected chi connectivity index (χ0v) is 12.3. The van der Waals surface area contributed by atoms with Crippen LogP contribution in [0.15, 0.2) is 11.6 Å². The van der Waals surface area contributed by atoms with Crippen LogP contribution < -0.4 is 5.32 Å². The lowest BCUT2D eigenvalue weighted by molar-refractivity contribution is -0.154. The predicted octanol–water partition coefficient (Wildman–Crippen LogP) is 1.86. The van der Waals surface area contributed by atoms with Crippen molar-refractivity contribution in [3.8, 4) is 0 Å². The molecule has 2 unspecified atom stereocenters. The van der Waals surface area contributed by atoms with Crippen LogP contribution in [-0.4, -0.2) is 34.8 Å². The third-order valence-electron chi connectivity index (χ3n) is 4.24. The van der Waals surface area contributed by atoms with Crippen molar-refractivity contribution < 1.29 is 9.59 Å². The number of amides is 2. The summed E-state index contributed by atoms with van der Waals surface area (Å²) in [5.41, 5.74) is 0.486. The lowest BCUT2D eigenvalue weighted by Crippen LogP contribution is -2.70. The molecular formula is C15H24N2O2. The van der Waals surface area contributed by atoms with E-state index in [0.29, 0.717) is 18.9 Å². The molecule has 1 aliphatic heterocycles. The minimum atomic E-state index is -0.682. The summed E-state index contributed by atoms with van der Waals surface area (Å²) >= 11 is 0. The van der Waals surface area contributed by atoms with Gasteiger partial charge in [-0.25, -0.2) is 0 Å². The van der Waals surface area contributed by atoms with E-state index in [1.807, 2.05) is 33.8 Å². The summed E-state index contributed by atoms with van der Waals surface area (Å²) in [6, 6.07) is -0.324. The van der Waals surface area contributed by atoms with E-state index < -0.39 is 5.54 Å². The van der Waals surface area contributed by atoms with Crippen LogP contribution in [0.25, 0.3) is 0 Å². The summed E-state index contributed by atoms with van der Waals surface area (Å²) in [6.07, 6.45) is 4.76. The Morgan fingerprint density at radius 2 is 2.05 bits per heavy atom. The topological polar surface area (TPSA) is 49.4 Å². The van der Waals surface area contributed by atoms with Crippen molar-refractivity contribution in [1.82, 2.24) is 10.2 Å². The largest absolute Gasteiger partial charge is 0.340 e. The van der Waals surface area contributed by atoms with Crippen molar-refractivity contribution in [2.24, 2.45) is 5.92 Å². The van der Waals surface area contributed by atoms with Gasteiger partial charge in [0, 0.05) is 6.54 Å². The van der Waals surface area contributed by atoms with Crippen molar-refractivity contribution >= 4 is 11.8 Å². The van der Waals surface area contributed by atoms with E-state index in [1.54, 1.807) is 4.90 Å². The highest BCUT2D eigenvalue weighted by molar-refractivity contribution is 6.00. The van der Waals surface area contributed by atoms with Crippen LogP contribution in [0, 0.1) is 5.92 Å². The van der Waals surface area contributed by atoms with Gasteiger partial charge in [0.1, 0.15) is 11.6 Å². The lowest BCUT2D eigenvalue weighted by Gasteiger charge is -2.44. The van der Waals surface area contributed by atoms with Crippen LogP contribution in [0.2, 0.25) is 0 Å². The maximum absolute atomic E-state index is 12.7. The van der Waals surface area contributed by atoms with Crippen molar-refractivity contribution in [2.45, 2.75) is 58.5 Å². The summed E-state index contributed by atoms with van der Waals surface area (Å²) in [4.78, 5) is 26.7. The molecule has 4 nitrogen and oxygen atoms in total. The van der Waals surface area contributed by atoms with E-state index in [2.05, 4.69) is 5.32 Å². The van der Waals surface area contributed by atoms with E-state index in [9.17, 15) is 9.59 Å². The predicted molar refractivity (Wildman–Crippen MR) is 74.5 cm³/mol. The first-order valence-electron chi connectivity index (χ1n) is 7.16. The fourth-order valence-corrected chi connectivity index (χ4v) is 2.81. The molecule has 4 heteroatoms. The molecule has 2 rings (SSSR count). The molecule has 1 saturated carbocycles. The Hall–Kier alpha value is -1.32. The van der Waals surface area contributed by atoms with E-state index in [-0.39, 0.29) is 17.9 Å². The summed E-state index contributed by atoms with van der Waals surface area (Å²) in [5.74, 6) is 0.397. The van der Waals surface area contributed by atoms with Gasteiger partial charge in [0.25, 0.3) is 0 Å². The fourth-order valence-electron chi connectivity index (χ4n) is 2.81. The summed E-state index contributed by atoms with van der Waals surface area (Å²) in [5, 5.41) is 2.97. The van der Waals surface area contributed by atoms with Crippen molar-refractivity contribution in [3.63, 3.8) is 0 Å². The highest BCUT2D eigenvalue weighted by atomic mass is 16.2. The molecule has 0 spiro atoms. The Balaban J connectivity index is 2.26. The third kappa shape index (κ3) is 2.53. The molecular weight excluding hydrogens is 240 g/mol. The van der Waals surface area contributed by atoms with Crippen LogP contribution in [0.5, 0.6) is 0 Å². The monoisotopic (exact) mass is 264 g/mol. The van der Waals surface area contributed by atoms with Gasteiger partial charge >= 0.3 is 0 Å². The molecule has 106 valence electrons. The lowest BCUT2D eigenvalue weighted by atomic mass is 9.89. The number of nitrogens with one attached hydrogen (secondary N) is 1. The molecule has 0 radical (unpaired) electrons. The second-order valence-corrected chi connectivity index (χ2v) is 6.13. The second-order valence-electron chi connectivity index (χ2n) is 6.13.